The molecule has 24 heavy (non-hydrogen) atoms. The largest absolute Gasteiger partial charge is 0.508 e. The zero-order valence-corrected chi connectivity index (χ0v) is 14.0. The van der Waals surface area contributed by atoms with Gasteiger partial charge in [-0.25, -0.2) is 0 Å². The lowest BCUT2D eigenvalue weighted by Crippen LogP contribution is -2.29. The van der Waals surface area contributed by atoms with E-state index in [2.05, 4.69) is 15.1 Å². The van der Waals surface area contributed by atoms with E-state index in [1.807, 2.05) is 30.3 Å². The SMILES string of the molecule is COc1ccc(N=Nc2ccc(O)c(CN3CCCCC3)c2)cc1. The second-order valence-electron chi connectivity index (χ2n) is 6.05. The number of azo groups is 1. The van der Waals surface area contributed by atoms with Crippen molar-refractivity contribution >= 4 is 11.4 Å². The van der Waals surface area contributed by atoms with Crippen molar-refractivity contribution in [1.82, 2.24) is 4.90 Å². The topological polar surface area (TPSA) is 57.4 Å². The van der Waals surface area contributed by atoms with Gasteiger partial charge in [0.15, 0.2) is 0 Å². The Kier molecular flexibility index (Phi) is 5.43. The van der Waals surface area contributed by atoms with Crippen LogP contribution in [0.15, 0.2) is 52.7 Å². The minimum atomic E-state index is 0.323. The van der Waals surface area contributed by atoms with Gasteiger partial charge in [-0.1, -0.05) is 6.42 Å². The Bertz CT molecular complexity index is 692. The van der Waals surface area contributed by atoms with Crippen molar-refractivity contribution in [2.75, 3.05) is 20.2 Å². The van der Waals surface area contributed by atoms with E-state index in [0.717, 1.165) is 42.3 Å². The first-order chi connectivity index (χ1) is 11.7. The normalized spacial score (nSPS) is 15.7. The van der Waals surface area contributed by atoms with Gasteiger partial charge in [-0.15, -0.1) is 0 Å². The third-order valence-corrected chi connectivity index (χ3v) is 4.26. The third-order valence-electron chi connectivity index (χ3n) is 4.26. The van der Waals surface area contributed by atoms with Gasteiger partial charge in [0.1, 0.15) is 11.5 Å². The average molecular weight is 325 g/mol. The van der Waals surface area contributed by atoms with E-state index in [1.54, 1.807) is 19.2 Å². The summed E-state index contributed by atoms with van der Waals surface area (Å²) in [4.78, 5) is 2.38. The Morgan fingerprint density at radius 3 is 2.33 bits per heavy atom. The zero-order chi connectivity index (χ0) is 16.8. The van der Waals surface area contributed by atoms with Gasteiger partial charge in [-0.2, -0.15) is 10.2 Å². The van der Waals surface area contributed by atoms with Crippen LogP contribution in [0, 0.1) is 0 Å². The van der Waals surface area contributed by atoms with Crippen LogP contribution < -0.4 is 4.74 Å². The molecule has 1 aliphatic heterocycles. The predicted octanol–water partition coefficient (Wildman–Crippen LogP) is 4.80. The van der Waals surface area contributed by atoms with Gasteiger partial charge in [0.2, 0.25) is 0 Å². The van der Waals surface area contributed by atoms with Gasteiger partial charge >= 0.3 is 0 Å². The first-order valence-electron chi connectivity index (χ1n) is 8.34. The van der Waals surface area contributed by atoms with Crippen LogP contribution in [0.1, 0.15) is 24.8 Å². The van der Waals surface area contributed by atoms with Crippen LogP contribution in [0.25, 0.3) is 0 Å². The van der Waals surface area contributed by atoms with E-state index in [0.29, 0.717) is 5.75 Å². The number of phenolic OH excluding ortho intramolecular Hbond substituents is 1. The van der Waals surface area contributed by atoms with E-state index in [4.69, 9.17) is 4.74 Å². The van der Waals surface area contributed by atoms with Crippen molar-refractivity contribution in [3.05, 3.63) is 48.0 Å². The Labute approximate surface area is 142 Å². The molecule has 1 heterocycles. The Hall–Kier alpha value is -2.40. The molecule has 0 aromatic heterocycles. The summed E-state index contributed by atoms with van der Waals surface area (Å²) in [6.07, 6.45) is 3.77. The minimum absolute atomic E-state index is 0.323. The van der Waals surface area contributed by atoms with Crippen molar-refractivity contribution in [2.45, 2.75) is 25.8 Å². The standard InChI is InChI=1S/C19H23N3O2/c1-24-18-8-5-16(6-9-18)20-21-17-7-10-19(23)15(13-17)14-22-11-3-2-4-12-22/h5-10,13,23H,2-4,11-12,14H2,1H3. The van der Waals surface area contributed by atoms with E-state index < -0.39 is 0 Å². The Morgan fingerprint density at radius 1 is 0.958 bits per heavy atom. The van der Waals surface area contributed by atoms with Crippen molar-refractivity contribution in [1.29, 1.82) is 0 Å². The highest BCUT2D eigenvalue weighted by Crippen LogP contribution is 2.27. The average Bonchev–Trinajstić information content (AvgIpc) is 2.63. The van der Waals surface area contributed by atoms with Gasteiger partial charge in [0.25, 0.3) is 0 Å². The van der Waals surface area contributed by atoms with E-state index in [9.17, 15) is 5.11 Å². The summed E-state index contributed by atoms with van der Waals surface area (Å²) in [5, 5.41) is 18.6. The highest BCUT2D eigenvalue weighted by atomic mass is 16.5. The molecule has 2 aromatic rings. The summed E-state index contributed by atoms with van der Waals surface area (Å²) in [6, 6.07) is 12.8. The molecular weight excluding hydrogens is 302 g/mol. The molecule has 5 heteroatoms. The summed E-state index contributed by atoms with van der Waals surface area (Å²) in [5.74, 6) is 1.12. The first kappa shape index (κ1) is 16.5. The monoisotopic (exact) mass is 325 g/mol. The lowest BCUT2D eigenvalue weighted by molar-refractivity contribution is 0.218. The molecule has 1 aliphatic rings. The highest BCUT2D eigenvalue weighted by Gasteiger charge is 2.12. The maximum absolute atomic E-state index is 10.1. The molecule has 0 unspecified atom stereocenters. The maximum atomic E-state index is 10.1. The Balaban J connectivity index is 1.70. The summed E-state index contributed by atoms with van der Waals surface area (Å²) in [7, 11) is 1.64. The number of nitrogens with zero attached hydrogens (tertiary/aromatic N) is 3. The van der Waals surface area contributed by atoms with Gasteiger partial charge in [-0.05, 0) is 68.4 Å². The molecule has 5 nitrogen and oxygen atoms in total. The van der Waals surface area contributed by atoms with Crippen LogP contribution in [0.3, 0.4) is 0 Å². The molecule has 126 valence electrons. The van der Waals surface area contributed by atoms with Crippen LogP contribution in [0.2, 0.25) is 0 Å². The van der Waals surface area contributed by atoms with E-state index in [-0.39, 0.29) is 0 Å². The fourth-order valence-corrected chi connectivity index (χ4v) is 2.88. The second-order valence-corrected chi connectivity index (χ2v) is 6.05. The van der Waals surface area contributed by atoms with Crippen LogP contribution >= 0.6 is 0 Å². The Morgan fingerprint density at radius 2 is 1.62 bits per heavy atom. The van der Waals surface area contributed by atoms with Crippen molar-refractivity contribution in [3.63, 3.8) is 0 Å². The molecule has 0 aliphatic carbocycles. The fraction of sp³-hybridized carbons (Fsp3) is 0.368. The molecule has 1 saturated heterocycles. The highest BCUT2D eigenvalue weighted by molar-refractivity contribution is 5.47. The number of benzene rings is 2. The lowest BCUT2D eigenvalue weighted by atomic mass is 10.1. The molecule has 1 fully saturated rings. The summed E-state index contributed by atoms with van der Waals surface area (Å²) < 4.78 is 5.13. The number of likely N-dealkylation sites (tertiary alicyclic amines) is 1. The molecule has 0 spiro atoms. The molecular formula is C19H23N3O2. The van der Waals surface area contributed by atoms with Crippen LogP contribution in [0.4, 0.5) is 11.4 Å². The van der Waals surface area contributed by atoms with Gasteiger partial charge < -0.3 is 9.84 Å². The third kappa shape index (κ3) is 4.32. The molecule has 0 atom stereocenters. The molecule has 0 radical (unpaired) electrons. The van der Waals surface area contributed by atoms with Gasteiger partial charge in [0.05, 0.1) is 18.5 Å². The quantitative estimate of drug-likeness (QED) is 0.803. The smallest absolute Gasteiger partial charge is 0.120 e. The summed E-state index contributed by atoms with van der Waals surface area (Å²) in [5.41, 5.74) is 2.42. The lowest BCUT2D eigenvalue weighted by Gasteiger charge is -2.26. The number of hydrogen-bond acceptors (Lipinski definition) is 5. The van der Waals surface area contributed by atoms with E-state index in [1.165, 1.54) is 19.3 Å². The van der Waals surface area contributed by atoms with Crippen LogP contribution in [-0.4, -0.2) is 30.2 Å². The number of ether oxygens (including phenoxy) is 1. The number of rotatable bonds is 5. The summed E-state index contributed by atoms with van der Waals surface area (Å²) in [6.45, 7) is 2.95. The van der Waals surface area contributed by atoms with Crippen molar-refractivity contribution in [2.24, 2.45) is 10.2 Å². The molecule has 0 saturated carbocycles. The molecule has 2 aromatic carbocycles. The van der Waals surface area contributed by atoms with Crippen LogP contribution in [-0.2, 0) is 6.54 Å². The number of hydrogen-bond donors (Lipinski definition) is 1. The number of methoxy groups -OCH3 is 1. The number of piperidine rings is 1. The molecule has 3 rings (SSSR count). The van der Waals surface area contributed by atoms with Crippen LogP contribution in [0.5, 0.6) is 11.5 Å². The van der Waals surface area contributed by atoms with Crippen molar-refractivity contribution in [3.8, 4) is 11.5 Å². The summed E-state index contributed by atoms with van der Waals surface area (Å²) >= 11 is 0. The van der Waals surface area contributed by atoms with Gasteiger partial charge in [0, 0.05) is 12.1 Å². The molecule has 0 amide bonds. The fourth-order valence-electron chi connectivity index (χ4n) is 2.88. The molecule has 0 bridgehead atoms. The second kappa shape index (κ2) is 7.93. The zero-order valence-electron chi connectivity index (χ0n) is 14.0. The van der Waals surface area contributed by atoms with Crippen molar-refractivity contribution < 1.29 is 9.84 Å². The number of aromatic hydroxyl groups is 1. The van der Waals surface area contributed by atoms with Gasteiger partial charge in [-0.3, -0.25) is 4.90 Å². The first-order valence-corrected chi connectivity index (χ1v) is 8.34. The predicted molar refractivity (Wildman–Crippen MR) is 94.4 cm³/mol. The molecule has 1 N–H and O–H groups in total. The number of phenols is 1. The maximum Gasteiger partial charge on any atom is 0.120 e. The van der Waals surface area contributed by atoms with E-state index >= 15 is 0 Å². The minimum Gasteiger partial charge on any atom is -0.508 e.